The number of rotatable bonds is 1. The fraction of sp³-hybridized carbons (Fsp3) is 0.125. The fourth-order valence-electron chi connectivity index (χ4n) is 1.07. The van der Waals surface area contributed by atoms with Crippen molar-refractivity contribution in [1.82, 2.24) is 9.97 Å². The van der Waals surface area contributed by atoms with Gasteiger partial charge in [0.15, 0.2) is 0 Å². The zero-order valence-electron chi connectivity index (χ0n) is 5.84. The minimum absolute atomic E-state index is 1.04. The summed E-state index contributed by atoms with van der Waals surface area (Å²) in [6.45, 7) is 0. The molecule has 1 aromatic carbocycles. The number of H-pyrrole nitrogens is 1. The van der Waals surface area contributed by atoms with E-state index in [0.29, 0.717) is 0 Å². The van der Waals surface area contributed by atoms with E-state index in [1.165, 1.54) is 5.56 Å². The summed E-state index contributed by atoms with van der Waals surface area (Å²) in [5.41, 5.74) is 3.50. The Balaban J connectivity index is 2.67. The zero-order chi connectivity index (χ0) is 7.68. The maximum absolute atomic E-state index is 4.14. The van der Waals surface area contributed by atoms with Crippen molar-refractivity contribution in [3.05, 3.63) is 30.1 Å². The maximum atomic E-state index is 4.14. The lowest BCUT2D eigenvalue weighted by molar-refractivity contribution is 1.34. The van der Waals surface area contributed by atoms with Gasteiger partial charge in [0, 0.05) is 4.43 Å². The summed E-state index contributed by atoms with van der Waals surface area (Å²) >= 11 is 2.35. The summed E-state index contributed by atoms with van der Waals surface area (Å²) in [6.07, 6.45) is 1.72. The second kappa shape index (κ2) is 2.81. The number of alkyl halides is 1. The highest BCUT2D eigenvalue weighted by Crippen LogP contribution is 2.13. The Morgan fingerprint density at radius 1 is 1.45 bits per heavy atom. The third-order valence-electron chi connectivity index (χ3n) is 1.64. The van der Waals surface area contributed by atoms with Crippen LogP contribution in [-0.4, -0.2) is 9.97 Å². The lowest BCUT2D eigenvalue weighted by atomic mass is 10.2. The largest absolute Gasteiger partial charge is 0.345 e. The van der Waals surface area contributed by atoms with Gasteiger partial charge in [-0.3, -0.25) is 0 Å². The monoisotopic (exact) mass is 258 g/mol. The van der Waals surface area contributed by atoms with Crippen LogP contribution in [0.25, 0.3) is 11.0 Å². The Bertz CT molecular complexity index is 367. The third-order valence-corrected chi connectivity index (χ3v) is 2.52. The van der Waals surface area contributed by atoms with Crippen molar-refractivity contribution in [1.29, 1.82) is 0 Å². The summed E-state index contributed by atoms with van der Waals surface area (Å²) < 4.78 is 1.05. The molecule has 0 aliphatic rings. The van der Waals surface area contributed by atoms with Crippen LogP contribution in [0.15, 0.2) is 24.5 Å². The summed E-state index contributed by atoms with van der Waals surface area (Å²) in [5, 5.41) is 0. The van der Waals surface area contributed by atoms with Crippen LogP contribution in [0.5, 0.6) is 0 Å². The standard InChI is InChI=1S/C8H7IN2/c9-4-6-1-2-7-8(3-6)11-5-10-7/h1-3,5H,4H2,(H,10,11). The maximum Gasteiger partial charge on any atom is 0.0931 e. The van der Waals surface area contributed by atoms with Crippen LogP contribution >= 0.6 is 22.6 Å². The van der Waals surface area contributed by atoms with Crippen molar-refractivity contribution < 1.29 is 0 Å². The second-order valence-corrected chi connectivity index (χ2v) is 3.15. The van der Waals surface area contributed by atoms with Gasteiger partial charge in [-0.2, -0.15) is 0 Å². The van der Waals surface area contributed by atoms with Crippen molar-refractivity contribution in [3.63, 3.8) is 0 Å². The van der Waals surface area contributed by atoms with Gasteiger partial charge < -0.3 is 4.98 Å². The van der Waals surface area contributed by atoms with E-state index in [1.54, 1.807) is 6.33 Å². The Morgan fingerprint density at radius 3 is 3.18 bits per heavy atom. The first-order chi connectivity index (χ1) is 5.40. The van der Waals surface area contributed by atoms with Crippen LogP contribution in [0.2, 0.25) is 0 Å². The van der Waals surface area contributed by atoms with Gasteiger partial charge in [-0.1, -0.05) is 28.7 Å². The van der Waals surface area contributed by atoms with Crippen molar-refractivity contribution in [3.8, 4) is 0 Å². The molecule has 2 rings (SSSR count). The minimum Gasteiger partial charge on any atom is -0.345 e. The van der Waals surface area contributed by atoms with E-state index in [9.17, 15) is 0 Å². The number of aromatic nitrogens is 2. The molecule has 1 N–H and O–H groups in total. The number of hydrogen-bond acceptors (Lipinski definition) is 1. The Hall–Kier alpha value is -0.580. The average molecular weight is 258 g/mol. The number of benzene rings is 1. The molecule has 56 valence electrons. The summed E-state index contributed by atoms with van der Waals surface area (Å²) in [6, 6.07) is 6.28. The Labute approximate surface area is 78.2 Å². The highest BCUT2D eigenvalue weighted by atomic mass is 127. The van der Waals surface area contributed by atoms with Crippen molar-refractivity contribution in [2.45, 2.75) is 4.43 Å². The molecule has 0 bridgehead atoms. The lowest BCUT2D eigenvalue weighted by Crippen LogP contribution is -1.76. The Kier molecular flexibility index (Phi) is 1.81. The first-order valence-corrected chi connectivity index (χ1v) is 4.90. The first-order valence-electron chi connectivity index (χ1n) is 3.38. The van der Waals surface area contributed by atoms with Crippen LogP contribution < -0.4 is 0 Å². The quantitative estimate of drug-likeness (QED) is 0.617. The number of nitrogens with one attached hydrogen (secondary N) is 1. The normalized spacial score (nSPS) is 10.6. The molecule has 0 aliphatic carbocycles. The number of halogens is 1. The van der Waals surface area contributed by atoms with Crippen LogP contribution in [-0.2, 0) is 4.43 Å². The van der Waals surface area contributed by atoms with Gasteiger partial charge in [-0.05, 0) is 17.7 Å². The Morgan fingerprint density at radius 2 is 2.36 bits per heavy atom. The third kappa shape index (κ3) is 1.24. The molecule has 0 atom stereocenters. The van der Waals surface area contributed by atoms with Crippen LogP contribution in [0, 0.1) is 0 Å². The number of fused-ring (bicyclic) bond motifs is 1. The van der Waals surface area contributed by atoms with Crippen LogP contribution in [0.1, 0.15) is 5.56 Å². The molecular formula is C8H7IN2. The lowest BCUT2D eigenvalue weighted by Gasteiger charge is -1.92. The molecule has 3 heteroatoms. The fourth-order valence-corrected chi connectivity index (χ4v) is 1.54. The number of hydrogen-bond donors (Lipinski definition) is 1. The highest BCUT2D eigenvalue weighted by molar-refractivity contribution is 14.1. The molecule has 0 saturated carbocycles. The molecule has 11 heavy (non-hydrogen) atoms. The molecule has 0 radical (unpaired) electrons. The highest BCUT2D eigenvalue weighted by Gasteiger charge is 1.95. The van der Waals surface area contributed by atoms with Gasteiger partial charge in [0.1, 0.15) is 0 Å². The van der Waals surface area contributed by atoms with E-state index < -0.39 is 0 Å². The molecule has 1 aromatic heterocycles. The van der Waals surface area contributed by atoms with Gasteiger partial charge in [0.2, 0.25) is 0 Å². The summed E-state index contributed by atoms with van der Waals surface area (Å²) in [4.78, 5) is 7.22. The zero-order valence-corrected chi connectivity index (χ0v) is 8.00. The van der Waals surface area contributed by atoms with E-state index >= 15 is 0 Å². The molecule has 0 aliphatic heterocycles. The van der Waals surface area contributed by atoms with Gasteiger partial charge in [-0.15, -0.1) is 0 Å². The van der Waals surface area contributed by atoms with Crippen LogP contribution in [0.4, 0.5) is 0 Å². The van der Waals surface area contributed by atoms with Crippen LogP contribution in [0.3, 0.4) is 0 Å². The van der Waals surface area contributed by atoms with Gasteiger partial charge in [0.05, 0.1) is 17.4 Å². The molecule has 0 spiro atoms. The number of aromatic amines is 1. The number of imidazole rings is 1. The van der Waals surface area contributed by atoms with Gasteiger partial charge in [0.25, 0.3) is 0 Å². The van der Waals surface area contributed by atoms with Crippen molar-refractivity contribution in [2.24, 2.45) is 0 Å². The van der Waals surface area contributed by atoms with Crippen molar-refractivity contribution in [2.75, 3.05) is 0 Å². The van der Waals surface area contributed by atoms with E-state index in [4.69, 9.17) is 0 Å². The van der Waals surface area contributed by atoms with E-state index in [-0.39, 0.29) is 0 Å². The van der Waals surface area contributed by atoms with Gasteiger partial charge >= 0.3 is 0 Å². The molecule has 0 amide bonds. The summed E-state index contributed by atoms with van der Waals surface area (Å²) in [7, 11) is 0. The first kappa shape index (κ1) is 7.09. The molecule has 2 nitrogen and oxygen atoms in total. The van der Waals surface area contributed by atoms with Crippen molar-refractivity contribution >= 4 is 33.6 Å². The predicted molar refractivity (Wildman–Crippen MR) is 53.8 cm³/mol. The molecule has 0 fully saturated rings. The molecule has 0 saturated heterocycles. The summed E-state index contributed by atoms with van der Waals surface area (Å²) in [5.74, 6) is 0. The smallest absolute Gasteiger partial charge is 0.0931 e. The second-order valence-electron chi connectivity index (χ2n) is 2.39. The molecule has 2 aromatic rings. The van der Waals surface area contributed by atoms with E-state index in [2.05, 4.69) is 44.7 Å². The minimum atomic E-state index is 1.04. The topological polar surface area (TPSA) is 28.7 Å². The molecule has 0 unspecified atom stereocenters. The van der Waals surface area contributed by atoms with Gasteiger partial charge in [-0.25, -0.2) is 4.98 Å². The van der Waals surface area contributed by atoms with E-state index in [0.717, 1.165) is 15.5 Å². The SMILES string of the molecule is ICc1ccc2nc[nH]c2c1. The van der Waals surface area contributed by atoms with E-state index in [1.807, 2.05) is 6.07 Å². The molecule has 1 heterocycles. The predicted octanol–water partition coefficient (Wildman–Crippen LogP) is 2.50. The average Bonchev–Trinajstić information content (AvgIpc) is 2.50. The molecular weight excluding hydrogens is 251 g/mol. The number of nitrogens with zero attached hydrogens (tertiary/aromatic N) is 1.